The lowest BCUT2D eigenvalue weighted by Gasteiger charge is -2.26. The van der Waals surface area contributed by atoms with Crippen LogP contribution < -0.4 is 15.0 Å². The summed E-state index contributed by atoms with van der Waals surface area (Å²) in [5.74, 6) is 1.23. The van der Waals surface area contributed by atoms with Gasteiger partial charge in [0.15, 0.2) is 11.5 Å². The molecule has 1 aliphatic heterocycles. The van der Waals surface area contributed by atoms with Crippen LogP contribution in [0.1, 0.15) is 6.42 Å². The zero-order chi connectivity index (χ0) is 16.1. The van der Waals surface area contributed by atoms with Gasteiger partial charge in [-0.05, 0) is 6.42 Å². The van der Waals surface area contributed by atoms with Gasteiger partial charge in [0, 0.05) is 31.8 Å². The van der Waals surface area contributed by atoms with E-state index in [-0.39, 0.29) is 5.56 Å². The standard InChI is InChI=1S/C16H21N3O4/c1-21-14-9-12-13(18-16(20)11-17-12)10-15(14)23-6-2-3-19-4-7-22-8-5-19/h9-11H,2-8H2,1H3,(H,18,20). The van der Waals surface area contributed by atoms with Crippen LogP contribution in [0.3, 0.4) is 0 Å². The zero-order valence-corrected chi connectivity index (χ0v) is 13.2. The van der Waals surface area contributed by atoms with Crippen LogP contribution in [0.25, 0.3) is 11.0 Å². The molecule has 0 bridgehead atoms. The fraction of sp³-hybridized carbons (Fsp3) is 0.500. The number of rotatable bonds is 6. The van der Waals surface area contributed by atoms with E-state index in [1.165, 1.54) is 6.20 Å². The number of hydrogen-bond acceptors (Lipinski definition) is 6. The van der Waals surface area contributed by atoms with Crippen LogP contribution in [-0.4, -0.2) is 61.4 Å². The molecule has 1 aliphatic rings. The van der Waals surface area contributed by atoms with E-state index >= 15 is 0 Å². The number of nitrogens with zero attached hydrogens (tertiary/aromatic N) is 2. The molecule has 2 aromatic rings. The molecule has 124 valence electrons. The molecule has 7 nitrogen and oxygen atoms in total. The minimum Gasteiger partial charge on any atom is -0.493 e. The first-order valence-corrected chi connectivity index (χ1v) is 7.76. The SMILES string of the molecule is COc1cc2ncc(=O)[nH]c2cc1OCCCN1CCOCC1. The minimum atomic E-state index is -0.235. The Morgan fingerprint density at radius 2 is 2.13 bits per heavy atom. The molecule has 1 fully saturated rings. The van der Waals surface area contributed by atoms with Gasteiger partial charge in [-0.1, -0.05) is 0 Å². The number of nitrogens with one attached hydrogen (secondary N) is 1. The largest absolute Gasteiger partial charge is 0.493 e. The summed E-state index contributed by atoms with van der Waals surface area (Å²) in [7, 11) is 1.59. The van der Waals surface area contributed by atoms with Gasteiger partial charge in [-0.3, -0.25) is 9.69 Å². The summed E-state index contributed by atoms with van der Waals surface area (Å²) in [4.78, 5) is 20.6. The van der Waals surface area contributed by atoms with E-state index in [9.17, 15) is 4.79 Å². The summed E-state index contributed by atoms with van der Waals surface area (Å²) in [6.07, 6.45) is 2.18. The van der Waals surface area contributed by atoms with Crippen molar-refractivity contribution < 1.29 is 14.2 Å². The van der Waals surface area contributed by atoms with E-state index in [0.29, 0.717) is 29.1 Å². The Bertz CT molecular complexity index is 710. The molecular weight excluding hydrogens is 298 g/mol. The Hall–Kier alpha value is -2.12. The molecule has 0 unspecified atom stereocenters. The molecular formula is C16H21N3O4. The summed E-state index contributed by atoms with van der Waals surface area (Å²) in [6, 6.07) is 3.53. The molecule has 1 saturated heterocycles. The Morgan fingerprint density at radius 1 is 1.30 bits per heavy atom. The van der Waals surface area contributed by atoms with Crippen molar-refractivity contribution in [3.63, 3.8) is 0 Å². The van der Waals surface area contributed by atoms with Crippen LogP contribution >= 0.6 is 0 Å². The van der Waals surface area contributed by atoms with E-state index in [2.05, 4.69) is 14.9 Å². The van der Waals surface area contributed by atoms with E-state index in [1.807, 2.05) is 0 Å². The molecule has 0 atom stereocenters. The highest BCUT2D eigenvalue weighted by molar-refractivity contribution is 5.78. The van der Waals surface area contributed by atoms with Gasteiger partial charge in [0.1, 0.15) is 0 Å². The Kier molecular flexibility index (Phi) is 5.09. The maximum Gasteiger partial charge on any atom is 0.266 e. The van der Waals surface area contributed by atoms with E-state index in [0.717, 1.165) is 39.3 Å². The van der Waals surface area contributed by atoms with Gasteiger partial charge in [0.05, 0.1) is 44.2 Å². The van der Waals surface area contributed by atoms with Gasteiger partial charge in [-0.15, -0.1) is 0 Å². The minimum absolute atomic E-state index is 0.235. The molecule has 1 aromatic carbocycles. The maximum atomic E-state index is 11.4. The first-order chi connectivity index (χ1) is 11.3. The molecule has 7 heteroatoms. The van der Waals surface area contributed by atoms with Crippen molar-refractivity contribution >= 4 is 11.0 Å². The molecule has 1 aromatic heterocycles. The number of benzene rings is 1. The smallest absolute Gasteiger partial charge is 0.266 e. The third kappa shape index (κ3) is 4.00. The fourth-order valence-corrected chi connectivity index (χ4v) is 2.62. The second-order valence-electron chi connectivity index (χ2n) is 5.42. The predicted octanol–water partition coefficient (Wildman–Crippen LogP) is 1.03. The van der Waals surface area contributed by atoms with Crippen molar-refractivity contribution in [3.8, 4) is 11.5 Å². The average Bonchev–Trinajstić information content (AvgIpc) is 2.59. The normalized spacial score (nSPS) is 15.7. The van der Waals surface area contributed by atoms with Gasteiger partial charge in [-0.25, -0.2) is 4.98 Å². The molecule has 0 saturated carbocycles. The number of aromatic nitrogens is 2. The van der Waals surface area contributed by atoms with Gasteiger partial charge < -0.3 is 19.2 Å². The maximum absolute atomic E-state index is 11.4. The third-order valence-electron chi connectivity index (χ3n) is 3.84. The van der Waals surface area contributed by atoms with Crippen LogP contribution in [0.15, 0.2) is 23.1 Å². The van der Waals surface area contributed by atoms with Gasteiger partial charge in [-0.2, -0.15) is 0 Å². The van der Waals surface area contributed by atoms with Crippen LogP contribution in [0.2, 0.25) is 0 Å². The van der Waals surface area contributed by atoms with Crippen LogP contribution in [-0.2, 0) is 4.74 Å². The molecule has 0 aliphatic carbocycles. The van der Waals surface area contributed by atoms with Crippen LogP contribution in [0.5, 0.6) is 11.5 Å². The fourth-order valence-electron chi connectivity index (χ4n) is 2.62. The Morgan fingerprint density at radius 3 is 2.91 bits per heavy atom. The first kappa shape index (κ1) is 15.8. The van der Waals surface area contributed by atoms with E-state index in [4.69, 9.17) is 14.2 Å². The molecule has 0 radical (unpaired) electrons. The van der Waals surface area contributed by atoms with Crippen molar-refractivity contribution in [1.82, 2.24) is 14.9 Å². The lowest BCUT2D eigenvalue weighted by molar-refractivity contribution is 0.0357. The van der Waals surface area contributed by atoms with Crippen molar-refractivity contribution in [2.24, 2.45) is 0 Å². The van der Waals surface area contributed by atoms with Crippen LogP contribution in [0.4, 0.5) is 0 Å². The quantitative estimate of drug-likeness (QED) is 0.802. The third-order valence-corrected chi connectivity index (χ3v) is 3.84. The number of ether oxygens (including phenoxy) is 3. The molecule has 3 rings (SSSR count). The number of fused-ring (bicyclic) bond motifs is 1. The molecule has 1 N–H and O–H groups in total. The summed E-state index contributed by atoms with van der Waals surface area (Å²) >= 11 is 0. The lowest BCUT2D eigenvalue weighted by Crippen LogP contribution is -2.37. The van der Waals surface area contributed by atoms with Crippen molar-refractivity contribution in [1.29, 1.82) is 0 Å². The average molecular weight is 319 g/mol. The first-order valence-electron chi connectivity index (χ1n) is 7.76. The van der Waals surface area contributed by atoms with Crippen LogP contribution in [0, 0.1) is 0 Å². The molecule has 23 heavy (non-hydrogen) atoms. The molecule has 2 heterocycles. The number of morpholine rings is 1. The number of aromatic amines is 1. The van der Waals surface area contributed by atoms with Crippen molar-refractivity contribution in [2.75, 3.05) is 46.6 Å². The molecule has 0 amide bonds. The molecule has 0 spiro atoms. The van der Waals surface area contributed by atoms with E-state index in [1.54, 1.807) is 19.2 Å². The van der Waals surface area contributed by atoms with Gasteiger partial charge >= 0.3 is 0 Å². The summed E-state index contributed by atoms with van der Waals surface area (Å²) < 4.78 is 16.5. The second-order valence-corrected chi connectivity index (χ2v) is 5.42. The second kappa shape index (κ2) is 7.43. The van der Waals surface area contributed by atoms with Crippen molar-refractivity contribution in [3.05, 3.63) is 28.7 Å². The zero-order valence-electron chi connectivity index (χ0n) is 13.2. The van der Waals surface area contributed by atoms with Gasteiger partial charge in [0.25, 0.3) is 5.56 Å². The summed E-state index contributed by atoms with van der Waals surface area (Å²) in [5.41, 5.74) is 1.07. The monoisotopic (exact) mass is 319 g/mol. The summed E-state index contributed by atoms with van der Waals surface area (Å²) in [6.45, 7) is 5.14. The van der Waals surface area contributed by atoms with Crippen molar-refractivity contribution in [2.45, 2.75) is 6.42 Å². The Balaban J connectivity index is 1.62. The Labute approximate surface area is 134 Å². The lowest BCUT2D eigenvalue weighted by atomic mass is 10.2. The highest BCUT2D eigenvalue weighted by Crippen LogP contribution is 2.30. The van der Waals surface area contributed by atoms with E-state index < -0.39 is 0 Å². The number of methoxy groups -OCH3 is 1. The highest BCUT2D eigenvalue weighted by Gasteiger charge is 2.11. The predicted molar refractivity (Wildman–Crippen MR) is 86.3 cm³/mol. The summed E-state index contributed by atoms with van der Waals surface area (Å²) in [5, 5.41) is 0. The number of hydrogen-bond donors (Lipinski definition) is 1. The highest BCUT2D eigenvalue weighted by atomic mass is 16.5. The van der Waals surface area contributed by atoms with Gasteiger partial charge in [0.2, 0.25) is 0 Å². The topological polar surface area (TPSA) is 76.7 Å². The number of H-pyrrole nitrogens is 1.